The summed E-state index contributed by atoms with van der Waals surface area (Å²) in [5.41, 5.74) is 0. The highest BCUT2D eigenvalue weighted by Crippen LogP contribution is 1.99. The van der Waals surface area contributed by atoms with Crippen LogP contribution in [0.15, 0.2) is 0 Å². The predicted octanol–water partition coefficient (Wildman–Crippen LogP) is 0.713. The van der Waals surface area contributed by atoms with Crippen LogP contribution in [0.4, 0.5) is 4.39 Å². The Labute approximate surface area is 51.7 Å². The number of carboxylic acids is 1. The van der Waals surface area contributed by atoms with Crippen LogP contribution in [-0.4, -0.2) is 17.2 Å². The molecule has 0 radical (unpaired) electrons. The topological polar surface area (TPSA) is 61.1 Å². The van der Waals surface area contributed by atoms with E-state index in [4.69, 9.17) is 10.4 Å². The molecule has 0 saturated heterocycles. The summed E-state index contributed by atoms with van der Waals surface area (Å²) in [5, 5.41) is 15.8. The largest absolute Gasteiger partial charge is 0.479 e. The van der Waals surface area contributed by atoms with E-state index in [9.17, 15) is 9.18 Å². The van der Waals surface area contributed by atoms with Crippen LogP contribution in [0.2, 0.25) is 0 Å². The van der Waals surface area contributed by atoms with Gasteiger partial charge in [0.25, 0.3) is 0 Å². The number of nitriles is 1. The zero-order valence-electron chi connectivity index (χ0n) is 4.67. The number of hydrogen-bond acceptors (Lipinski definition) is 2. The third kappa shape index (κ3) is 3.47. The first-order valence-electron chi connectivity index (χ1n) is 2.42. The van der Waals surface area contributed by atoms with Crippen LogP contribution in [0, 0.1) is 11.3 Å². The van der Waals surface area contributed by atoms with Crippen molar-refractivity contribution in [2.45, 2.75) is 19.0 Å². The Hall–Kier alpha value is -1.11. The van der Waals surface area contributed by atoms with E-state index in [0.717, 1.165) is 0 Å². The van der Waals surface area contributed by atoms with Gasteiger partial charge in [0.1, 0.15) is 0 Å². The fourth-order valence-corrected chi connectivity index (χ4v) is 0.315. The van der Waals surface area contributed by atoms with Crippen molar-refractivity contribution in [1.82, 2.24) is 0 Å². The summed E-state index contributed by atoms with van der Waals surface area (Å²) in [6, 6.07) is 1.65. The number of hydrogen-bond donors (Lipinski definition) is 1. The molecule has 0 aromatic carbocycles. The number of carbonyl (C=O) groups is 1. The van der Waals surface area contributed by atoms with Gasteiger partial charge in [0, 0.05) is 12.8 Å². The zero-order valence-corrected chi connectivity index (χ0v) is 4.67. The average molecular weight is 131 g/mol. The molecule has 0 rings (SSSR count). The van der Waals surface area contributed by atoms with Gasteiger partial charge in [0.15, 0.2) is 6.17 Å². The Balaban J connectivity index is 3.41. The molecule has 0 aliphatic heterocycles. The summed E-state index contributed by atoms with van der Waals surface area (Å²) in [5.74, 6) is -1.50. The third-order valence-corrected chi connectivity index (χ3v) is 0.778. The molecule has 0 unspecified atom stereocenters. The monoisotopic (exact) mass is 131 g/mol. The van der Waals surface area contributed by atoms with Crippen molar-refractivity contribution in [2.75, 3.05) is 0 Å². The standard InChI is InChI=1S/C5H6FNO2/c6-4(5(8)9)2-1-3-7/h4H,1-2H2,(H,8,9)/t4-/m0/s1. The van der Waals surface area contributed by atoms with Crippen molar-refractivity contribution in [3.63, 3.8) is 0 Å². The van der Waals surface area contributed by atoms with Crippen LogP contribution in [-0.2, 0) is 4.79 Å². The second-order valence-corrected chi connectivity index (χ2v) is 1.50. The second kappa shape index (κ2) is 3.84. The lowest BCUT2D eigenvalue weighted by atomic mass is 10.2. The molecule has 9 heavy (non-hydrogen) atoms. The van der Waals surface area contributed by atoms with Crippen molar-refractivity contribution < 1.29 is 14.3 Å². The molecule has 0 bridgehead atoms. The Morgan fingerprint density at radius 3 is 2.78 bits per heavy atom. The number of alkyl halides is 1. The number of aliphatic carboxylic acids is 1. The molecule has 0 heterocycles. The summed E-state index contributed by atoms with van der Waals surface area (Å²) < 4.78 is 12.0. The fourth-order valence-electron chi connectivity index (χ4n) is 0.315. The van der Waals surface area contributed by atoms with Gasteiger partial charge in [-0.15, -0.1) is 0 Å². The van der Waals surface area contributed by atoms with E-state index >= 15 is 0 Å². The van der Waals surface area contributed by atoms with Gasteiger partial charge < -0.3 is 5.11 Å². The second-order valence-electron chi connectivity index (χ2n) is 1.50. The first-order chi connectivity index (χ1) is 4.18. The highest BCUT2D eigenvalue weighted by molar-refractivity contribution is 5.71. The molecule has 0 aromatic heterocycles. The molecule has 50 valence electrons. The van der Waals surface area contributed by atoms with E-state index in [1.165, 1.54) is 0 Å². The number of rotatable bonds is 3. The van der Waals surface area contributed by atoms with E-state index < -0.39 is 12.1 Å². The SMILES string of the molecule is N#CCC[C@H](F)C(=O)O. The first kappa shape index (κ1) is 7.89. The normalized spacial score (nSPS) is 12.0. The maximum Gasteiger partial charge on any atom is 0.338 e. The molecule has 0 aliphatic rings. The van der Waals surface area contributed by atoms with E-state index in [0.29, 0.717) is 0 Å². The summed E-state index contributed by atoms with van der Waals surface area (Å²) >= 11 is 0. The minimum atomic E-state index is -1.88. The van der Waals surface area contributed by atoms with Gasteiger partial charge in [-0.3, -0.25) is 0 Å². The van der Waals surface area contributed by atoms with Crippen molar-refractivity contribution in [1.29, 1.82) is 5.26 Å². The third-order valence-electron chi connectivity index (χ3n) is 0.778. The van der Waals surface area contributed by atoms with E-state index in [-0.39, 0.29) is 12.8 Å². The summed E-state index contributed by atoms with van der Waals surface area (Å²) in [4.78, 5) is 9.72. The summed E-state index contributed by atoms with van der Waals surface area (Å²) in [6.07, 6.45) is -2.15. The van der Waals surface area contributed by atoms with E-state index in [1.807, 2.05) is 0 Å². The molecule has 0 saturated carbocycles. The van der Waals surface area contributed by atoms with Crippen LogP contribution in [0.3, 0.4) is 0 Å². The molecule has 3 nitrogen and oxygen atoms in total. The molecule has 4 heteroatoms. The van der Waals surface area contributed by atoms with Crippen LogP contribution < -0.4 is 0 Å². The molecule has 0 amide bonds. The molecule has 0 fully saturated rings. The Morgan fingerprint density at radius 2 is 2.44 bits per heavy atom. The highest BCUT2D eigenvalue weighted by Gasteiger charge is 2.13. The van der Waals surface area contributed by atoms with Gasteiger partial charge in [-0.05, 0) is 0 Å². The lowest BCUT2D eigenvalue weighted by molar-refractivity contribution is -0.142. The molecule has 0 aromatic rings. The zero-order chi connectivity index (χ0) is 7.28. The first-order valence-corrected chi connectivity index (χ1v) is 2.42. The lowest BCUT2D eigenvalue weighted by Crippen LogP contribution is -2.13. The predicted molar refractivity (Wildman–Crippen MR) is 27.4 cm³/mol. The van der Waals surface area contributed by atoms with Crippen LogP contribution in [0.1, 0.15) is 12.8 Å². The number of halogens is 1. The van der Waals surface area contributed by atoms with Crippen molar-refractivity contribution in [3.05, 3.63) is 0 Å². The Bertz CT molecular complexity index is 140. The van der Waals surface area contributed by atoms with E-state index in [1.54, 1.807) is 6.07 Å². The van der Waals surface area contributed by atoms with Crippen LogP contribution in [0.25, 0.3) is 0 Å². The number of carboxylic acid groups (broad SMARTS) is 1. The van der Waals surface area contributed by atoms with Gasteiger partial charge in [0.2, 0.25) is 0 Å². The molecule has 0 spiro atoms. The highest BCUT2D eigenvalue weighted by atomic mass is 19.1. The lowest BCUT2D eigenvalue weighted by Gasteiger charge is -1.95. The molecular formula is C5H6FNO2. The minimum Gasteiger partial charge on any atom is -0.479 e. The van der Waals surface area contributed by atoms with Gasteiger partial charge >= 0.3 is 5.97 Å². The smallest absolute Gasteiger partial charge is 0.338 e. The molecular weight excluding hydrogens is 125 g/mol. The molecule has 1 N–H and O–H groups in total. The Kier molecular flexibility index (Phi) is 3.37. The van der Waals surface area contributed by atoms with Gasteiger partial charge in [-0.25, -0.2) is 9.18 Å². The molecule has 1 atom stereocenters. The van der Waals surface area contributed by atoms with Crippen molar-refractivity contribution >= 4 is 5.97 Å². The van der Waals surface area contributed by atoms with Gasteiger partial charge in [-0.1, -0.05) is 0 Å². The quantitative estimate of drug-likeness (QED) is 0.613. The average Bonchev–Trinajstić information content (AvgIpc) is 1.82. The Morgan fingerprint density at radius 1 is 1.89 bits per heavy atom. The van der Waals surface area contributed by atoms with Crippen LogP contribution >= 0.6 is 0 Å². The summed E-state index contributed by atoms with van der Waals surface area (Å²) in [6.45, 7) is 0. The maximum atomic E-state index is 12.0. The van der Waals surface area contributed by atoms with Gasteiger partial charge in [-0.2, -0.15) is 5.26 Å². The van der Waals surface area contributed by atoms with Crippen molar-refractivity contribution in [2.24, 2.45) is 0 Å². The minimum absolute atomic E-state index is 0.0481. The number of nitrogens with zero attached hydrogens (tertiary/aromatic N) is 1. The van der Waals surface area contributed by atoms with Crippen molar-refractivity contribution in [3.8, 4) is 6.07 Å². The maximum absolute atomic E-state index is 12.0. The van der Waals surface area contributed by atoms with Gasteiger partial charge in [0.05, 0.1) is 6.07 Å². The molecule has 0 aliphatic carbocycles. The van der Waals surface area contributed by atoms with E-state index in [2.05, 4.69) is 0 Å². The summed E-state index contributed by atoms with van der Waals surface area (Å²) in [7, 11) is 0. The fraction of sp³-hybridized carbons (Fsp3) is 0.600. The van der Waals surface area contributed by atoms with Crippen LogP contribution in [0.5, 0.6) is 0 Å².